The molecule has 2 atom stereocenters. The molecule has 0 saturated heterocycles. The van der Waals surface area contributed by atoms with Crippen LogP contribution in [-0.2, 0) is 14.6 Å². The van der Waals surface area contributed by atoms with Crippen molar-refractivity contribution in [3.8, 4) is 0 Å². The van der Waals surface area contributed by atoms with Gasteiger partial charge in [0.05, 0.1) is 0 Å². The van der Waals surface area contributed by atoms with E-state index >= 15 is 0 Å². The third-order valence-corrected chi connectivity index (χ3v) is 5.83. The zero-order valence-electron chi connectivity index (χ0n) is 9.05. The van der Waals surface area contributed by atoms with Crippen molar-refractivity contribution in [1.29, 1.82) is 0 Å². The van der Waals surface area contributed by atoms with Gasteiger partial charge < -0.3 is 5.11 Å². The van der Waals surface area contributed by atoms with Crippen LogP contribution in [0.1, 0.15) is 13.3 Å². The van der Waals surface area contributed by atoms with Gasteiger partial charge in [0.25, 0.3) is 0 Å². The third-order valence-electron chi connectivity index (χ3n) is 3.21. The van der Waals surface area contributed by atoms with Gasteiger partial charge in [-0.15, -0.1) is 0 Å². The number of carboxylic acid groups (broad SMARTS) is 1. The number of rotatable bonds is 3. The molecular weight excluding hydrogens is 247 g/mol. The molecule has 0 aromatic heterocycles. The summed E-state index contributed by atoms with van der Waals surface area (Å²) in [5, 5.41) is 9.06. The van der Waals surface area contributed by atoms with Crippen LogP contribution < -0.4 is 0 Å². The Kier molecular flexibility index (Phi) is 2.50. The van der Waals surface area contributed by atoms with E-state index in [-0.39, 0.29) is 6.42 Å². The Labute approximate surface area is 98.0 Å². The van der Waals surface area contributed by atoms with Gasteiger partial charge in [-0.05, 0) is 24.5 Å². The van der Waals surface area contributed by atoms with E-state index in [0.29, 0.717) is 0 Å². The highest BCUT2D eigenvalue weighted by molar-refractivity contribution is 7.94. The lowest BCUT2D eigenvalue weighted by Crippen LogP contribution is -2.35. The van der Waals surface area contributed by atoms with Crippen molar-refractivity contribution in [3.05, 3.63) is 30.1 Å². The standard InChI is InChI=1S/C11H11FO4S/c1-7-6-11(7,10(13)14)17(15,16)9-5-3-2-4-8(9)12/h2-5,7H,6H2,1H3,(H,13,14). The zero-order valence-corrected chi connectivity index (χ0v) is 9.87. The lowest BCUT2D eigenvalue weighted by molar-refractivity contribution is -0.137. The first-order valence-corrected chi connectivity index (χ1v) is 6.55. The van der Waals surface area contributed by atoms with Crippen molar-refractivity contribution in [2.75, 3.05) is 0 Å². The summed E-state index contributed by atoms with van der Waals surface area (Å²) >= 11 is 0. The third kappa shape index (κ3) is 1.47. The Morgan fingerprint density at radius 2 is 2.00 bits per heavy atom. The Morgan fingerprint density at radius 1 is 1.47 bits per heavy atom. The molecule has 17 heavy (non-hydrogen) atoms. The number of hydrogen-bond acceptors (Lipinski definition) is 3. The van der Waals surface area contributed by atoms with E-state index < -0.39 is 37.2 Å². The molecule has 1 aliphatic carbocycles. The van der Waals surface area contributed by atoms with E-state index in [4.69, 9.17) is 5.11 Å². The molecule has 6 heteroatoms. The van der Waals surface area contributed by atoms with Crippen molar-refractivity contribution in [2.45, 2.75) is 23.0 Å². The number of aliphatic carboxylic acids is 1. The van der Waals surface area contributed by atoms with Gasteiger partial charge in [-0.25, -0.2) is 12.8 Å². The van der Waals surface area contributed by atoms with Gasteiger partial charge in [0.1, 0.15) is 10.7 Å². The maximum Gasteiger partial charge on any atom is 0.325 e. The zero-order chi connectivity index (χ0) is 12.8. The van der Waals surface area contributed by atoms with Crippen molar-refractivity contribution in [3.63, 3.8) is 0 Å². The van der Waals surface area contributed by atoms with Gasteiger partial charge in [-0.2, -0.15) is 0 Å². The molecule has 2 rings (SSSR count). The van der Waals surface area contributed by atoms with E-state index in [0.717, 1.165) is 12.1 Å². The summed E-state index contributed by atoms with van der Waals surface area (Å²) < 4.78 is 35.9. The topological polar surface area (TPSA) is 71.4 Å². The van der Waals surface area contributed by atoms with Gasteiger partial charge in [0.2, 0.25) is 0 Å². The first-order valence-electron chi connectivity index (χ1n) is 5.06. The first-order chi connectivity index (χ1) is 7.84. The first kappa shape index (κ1) is 12.0. The normalized spacial score (nSPS) is 27.8. The van der Waals surface area contributed by atoms with Crippen molar-refractivity contribution in [1.82, 2.24) is 0 Å². The molecule has 0 amide bonds. The van der Waals surface area contributed by atoms with E-state index in [1.165, 1.54) is 19.1 Å². The molecule has 1 fully saturated rings. The fourth-order valence-electron chi connectivity index (χ4n) is 2.04. The predicted molar refractivity (Wildman–Crippen MR) is 57.7 cm³/mol. The van der Waals surface area contributed by atoms with Crippen LogP contribution in [0, 0.1) is 11.7 Å². The number of hydrogen-bond donors (Lipinski definition) is 1. The largest absolute Gasteiger partial charge is 0.480 e. The molecule has 1 saturated carbocycles. The van der Waals surface area contributed by atoms with Crippen LogP contribution in [0.5, 0.6) is 0 Å². The summed E-state index contributed by atoms with van der Waals surface area (Å²) in [6.07, 6.45) is 0.0268. The fraction of sp³-hybridized carbons (Fsp3) is 0.364. The van der Waals surface area contributed by atoms with E-state index in [1.807, 2.05) is 0 Å². The molecule has 1 aromatic carbocycles. The van der Waals surface area contributed by atoms with Crippen LogP contribution in [0.4, 0.5) is 4.39 Å². The predicted octanol–water partition coefficient (Wildman–Crippen LogP) is 1.46. The fourth-order valence-corrected chi connectivity index (χ4v) is 4.25. The van der Waals surface area contributed by atoms with Crippen LogP contribution in [0.3, 0.4) is 0 Å². The number of carbonyl (C=O) groups is 1. The Bertz CT molecular complexity index is 581. The number of carboxylic acids is 1. The summed E-state index contributed by atoms with van der Waals surface area (Å²) in [4.78, 5) is 10.6. The molecule has 0 aliphatic heterocycles. The minimum atomic E-state index is -4.18. The van der Waals surface area contributed by atoms with Crippen LogP contribution in [0.2, 0.25) is 0 Å². The second kappa shape index (κ2) is 3.53. The molecular formula is C11H11FO4S. The van der Waals surface area contributed by atoms with Crippen LogP contribution in [-0.4, -0.2) is 24.2 Å². The van der Waals surface area contributed by atoms with Gasteiger partial charge in [-0.1, -0.05) is 19.1 Å². The molecule has 2 unspecified atom stereocenters. The second-order valence-electron chi connectivity index (χ2n) is 4.23. The SMILES string of the molecule is CC1CC1(C(=O)O)S(=O)(=O)c1ccccc1F. The summed E-state index contributed by atoms with van der Waals surface area (Å²) in [6, 6.07) is 4.84. The number of halogens is 1. The maximum atomic E-state index is 13.5. The lowest BCUT2D eigenvalue weighted by atomic mass is 10.3. The summed E-state index contributed by atoms with van der Waals surface area (Å²) in [6.45, 7) is 1.53. The molecule has 0 spiro atoms. The molecule has 0 radical (unpaired) electrons. The molecule has 0 bridgehead atoms. The van der Waals surface area contributed by atoms with E-state index in [1.54, 1.807) is 0 Å². The van der Waals surface area contributed by atoms with Crippen LogP contribution in [0.25, 0.3) is 0 Å². The quantitative estimate of drug-likeness (QED) is 0.891. The van der Waals surface area contributed by atoms with Gasteiger partial charge >= 0.3 is 5.97 Å². The second-order valence-corrected chi connectivity index (χ2v) is 6.41. The minimum Gasteiger partial charge on any atom is -0.480 e. The molecule has 0 heterocycles. The highest BCUT2D eigenvalue weighted by atomic mass is 32.2. The lowest BCUT2D eigenvalue weighted by Gasteiger charge is -2.13. The molecule has 1 aromatic rings. The minimum absolute atomic E-state index is 0.0268. The smallest absolute Gasteiger partial charge is 0.325 e. The van der Waals surface area contributed by atoms with Gasteiger partial charge in [-0.3, -0.25) is 4.79 Å². The molecule has 4 nitrogen and oxygen atoms in total. The van der Waals surface area contributed by atoms with Crippen LogP contribution >= 0.6 is 0 Å². The average Bonchev–Trinajstić information content (AvgIpc) is 2.92. The monoisotopic (exact) mass is 258 g/mol. The van der Waals surface area contributed by atoms with Crippen molar-refractivity contribution >= 4 is 15.8 Å². The van der Waals surface area contributed by atoms with E-state index in [9.17, 15) is 17.6 Å². The van der Waals surface area contributed by atoms with Crippen molar-refractivity contribution in [2.24, 2.45) is 5.92 Å². The number of benzene rings is 1. The Balaban J connectivity index is 2.60. The van der Waals surface area contributed by atoms with Gasteiger partial charge in [0.15, 0.2) is 14.6 Å². The van der Waals surface area contributed by atoms with Gasteiger partial charge in [0, 0.05) is 0 Å². The highest BCUT2D eigenvalue weighted by Gasteiger charge is 2.68. The van der Waals surface area contributed by atoms with Crippen molar-refractivity contribution < 1.29 is 22.7 Å². The molecule has 1 N–H and O–H groups in total. The summed E-state index contributed by atoms with van der Waals surface area (Å²) in [5.41, 5.74) is 0. The molecule has 92 valence electrons. The Morgan fingerprint density at radius 3 is 2.41 bits per heavy atom. The highest BCUT2D eigenvalue weighted by Crippen LogP contribution is 2.52. The summed E-state index contributed by atoms with van der Waals surface area (Å²) in [7, 11) is -4.18. The van der Waals surface area contributed by atoms with Crippen LogP contribution in [0.15, 0.2) is 29.2 Å². The average molecular weight is 258 g/mol. The summed E-state index contributed by atoms with van der Waals surface area (Å²) in [5.74, 6) is -2.81. The Hall–Kier alpha value is -1.43. The number of sulfone groups is 1. The molecule has 1 aliphatic rings. The maximum absolute atomic E-state index is 13.5. The van der Waals surface area contributed by atoms with E-state index in [2.05, 4.69) is 0 Å².